The molecule has 0 spiro atoms. The van der Waals surface area contributed by atoms with E-state index in [1.807, 2.05) is 47.7 Å². The van der Waals surface area contributed by atoms with Gasteiger partial charge in [-0.2, -0.15) is 10.2 Å². The van der Waals surface area contributed by atoms with Crippen molar-refractivity contribution in [2.24, 2.45) is 5.92 Å². The molecule has 8 heteroatoms. The number of carboxylic acid groups (broad SMARTS) is 1. The van der Waals surface area contributed by atoms with E-state index < -0.39 is 11.9 Å². The lowest BCUT2D eigenvalue weighted by Crippen LogP contribution is -2.39. The molecule has 1 N–H and O–H groups in total. The van der Waals surface area contributed by atoms with Crippen LogP contribution in [0.2, 0.25) is 0 Å². The third-order valence-electron chi connectivity index (χ3n) is 5.37. The van der Waals surface area contributed by atoms with E-state index >= 15 is 0 Å². The minimum atomic E-state index is -0.763. The van der Waals surface area contributed by atoms with E-state index in [9.17, 15) is 9.90 Å². The number of methoxy groups -OCH3 is 1. The third-order valence-corrected chi connectivity index (χ3v) is 5.37. The van der Waals surface area contributed by atoms with Crippen LogP contribution in [0.5, 0.6) is 5.75 Å². The number of rotatable bonds is 4. The Hall–Kier alpha value is -3.16. The molecule has 1 aliphatic rings. The summed E-state index contributed by atoms with van der Waals surface area (Å²) in [5.41, 5.74) is 3.46. The molecule has 2 aromatic heterocycles. The van der Waals surface area contributed by atoms with Crippen molar-refractivity contribution >= 4 is 22.7 Å². The van der Waals surface area contributed by atoms with Crippen LogP contribution in [-0.2, 0) is 4.79 Å². The second kappa shape index (κ2) is 7.10. The van der Waals surface area contributed by atoms with Crippen molar-refractivity contribution in [2.75, 3.05) is 25.1 Å². The monoisotopic (exact) mass is 381 g/mol. The second-order valence-electron chi connectivity index (χ2n) is 7.15. The number of carbonyl (C=O) groups is 1. The zero-order valence-corrected chi connectivity index (χ0v) is 16.2. The number of hydrogen-bond acceptors (Lipinski definition) is 6. The normalized spacial score (nSPS) is 17.1. The molecule has 28 heavy (non-hydrogen) atoms. The smallest absolute Gasteiger partial charge is 0.308 e. The number of aliphatic carboxylic acids is 1. The van der Waals surface area contributed by atoms with Gasteiger partial charge in [0.15, 0.2) is 5.82 Å². The summed E-state index contributed by atoms with van der Waals surface area (Å²) in [6.07, 6.45) is 1.50. The Kier molecular flexibility index (Phi) is 4.62. The molecular weight excluding hydrogens is 358 g/mol. The summed E-state index contributed by atoms with van der Waals surface area (Å²) >= 11 is 0. The highest BCUT2D eigenvalue weighted by molar-refractivity contribution is 5.92. The predicted molar refractivity (Wildman–Crippen MR) is 105 cm³/mol. The van der Waals surface area contributed by atoms with Crippen LogP contribution in [0.3, 0.4) is 0 Å². The third kappa shape index (κ3) is 3.04. The highest BCUT2D eigenvalue weighted by atomic mass is 16.5. The summed E-state index contributed by atoms with van der Waals surface area (Å²) < 4.78 is 7.11. The summed E-state index contributed by atoms with van der Waals surface area (Å²) in [6, 6.07) is 7.70. The molecule has 1 saturated heterocycles. The number of hydrogen-bond donors (Lipinski definition) is 1. The van der Waals surface area contributed by atoms with Crippen LogP contribution >= 0.6 is 0 Å². The van der Waals surface area contributed by atoms with Crippen molar-refractivity contribution in [3.8, 4) is 11.4 Å². The van der Waals surface area contributed by atoms with Crippen molar-refractivity contribution in [3.05, 3.63) is 35.7 Å². The van der Waals surface area contributed by atoms with Gasteiger partial charge in [0.25, 0.3) is 0 Å². The van der Waals surface area contributed by atoms with Crippen molar-refractivity contribution in [3.63, 3.8) is 0 Å². The molecule has 146 valence electrons. The summed E-state index contributed by atoms with van der Waals surface area (Å²) in [5, 5.41) is 23.9. The Balaban J connectivity index is 1.81. The average molecular weight is 381 g/mol. The van der Waals surface area contributed by atoms with Gasteiger partial charge in [0.05, 0.1) is 35.5 Å². The minimum absolute atomic E-state index is 0.392. The van der Waals surface area contributed by atoms with Gasteiger partial charge in [0, 0.05) is 13.1 Å². The Bertz CT molecular complexity index is 1030. The summed E-state index contributed by atoms with van der Waals surface area (Å²) in [4.78, 5) is 13.5. The molecule has 0 amide bonds. The van der Waals surface area contributed by atoms with Gasteiger partial charge in [-0.1, -0.05) is 0 Å². The first-order chi connectivity index (χ1) is 13.5. The average Bonchev–Trinajstić information content (AvgIpc) is 3.06. The van der Waals surface area contributed by atoms with Crippen LogP contribution in [0.1, 0.15) is 24.2 Å². The highest BCUT2D eigenvalue weighted by Crippen LogP contribution is 2.31. The lowest BCUT2D eigenvalue weighted by atomic mass is 9.98. The molecular formula is C20H23N5O3. The number of ether oxygens (including phenoxy) is 1. The summed E-state index contributed by atoms with van der Waals surface area (Å²) in [5.74, 6) is 0.283. The van der Waals surface area contributed by atoms with Gasteiger partial charge in [-0.05, 0) is 51.0 Å². The quantitative estimate of drug-likeness (QED) is 0.743. The largest absolute Gasteiger partial charge is 0.497 e. The standard InChI is InChI=1S/C20H23N5O3/c1-12-17-13(2)25(15-6-8-16(28-3)9-7-15)23-18(17)19(22-21-12)24-10-4-5-14(11-24)20(26)27/h6-9,14H,4-5,10-11H2,1-3H3,(H,26,27). The van der Waals surface area contributed by atoms with Crippen molar-refractivity contribution in [1.29, 1.82) is 0 Å². The molecule has 1 unspecified atom stereocenters. The summed E-state index contributed by atoms with van der Waals surface area (Å²) in [7, 11) is 1.64. The molecule has 3 aromatic rings. The molecule has 0 aliphatic carbocycles. The van der Waals surface area contributed by atoms with Gasteiger partial charge in [0.1, 0.15) is 11.3 Å². The van der Waals surface area contributed by atoms with Gasteiger partial charge in [-0.25, -0.2) is 4.68 Å². The maximum Gasteiger partial charge on any atom is 0.308 e. The van der Waals surface area contributed by atoms with Crippen LogP contribution in [0.15, 0.2) is 24.3 Å². The fourth-order valence-corrected chi connectivity index (χ4v) is 3.87. The molecule has 0 saturated carbocycles. The lowest BCUT2D eigenvalue weighted by Gasteiger charge is -2.31. The molecule has 1 aromatic carbocycles. The van der Waals surface area contributed by atoms with Crippen LogP contribution in [0.25, 0.3) is 16.6 Å². The number of piperidine rings is 1. The van der Waals surface area contributed by atoms with Crippen molar-refractivity contribution < 1.29 is 14.6 Å². The number of benzene rings is 1. The highest BCUT2D eigenvalue weighted by Gasteiger charge is 2.29. The minimum Gasteiger partial charge on any atom is -0.497 e. The van der Waals surface area contributed by atoms with Crippen LogP contribution in [-0.4, -0.2) is 51.3 Å². The topological polar surface area (TPSA) is 93.4 Å². The number of carboxylic acids is 1. The zero-order valence-electron chi connectivity index (χ0n) is 16.2. The van der Waals surface area contributed by atoms with E-state index in [0.717, 1.165) is 46.7 Å². The SMILES string of the molecule is COc1ccc(-n2nc3c(N4CCCC(C(=O)O)C4)nnc(C)c3c2C)cc1. The predicted octanol–water partition coefficient (Wildman–Crippen LogP) is 2.74. The van der Waals surface area contributed by atoms with E-state index in [0.29, 0.717) is 18.8 Å². The molecule has 4 rings (SSSR count). The second-order valence-corrected chi connectivity index (χ2v) is 7.15. The Morgan fingerprint density at radius 1 is 1.21 bits per heavy atom. The van der Waals surface area contributed by atoms with Crippen LogP contribution in [0.4, 0.5) is 5.82 Å². The molecule has 1 atom stereocenters. The van der Waals surface area contributed by atoms with Crippen LogP contribution < -0.4 is 9.64 Å². The van der Waals surface area contributed by atoms with E-state index in [4.69, 9.17) is 9.84 Å². The zero-order chi connectivity index (χ0) is 19.8. The van der Waals surface area contributed by atoms with Gasteiger partial charge in [0.2, 0.25) is 0 Å². The first-order valence-corrected chi connectivity index (χ1v) is 9.34. The Morgan fingerprint density at radius 2 is 1.96 bits per heavy atom. The van der Waals surface area contributed by atoms with Gasteiger partial charge < -0.3 is 14.7 Å². The van der Waals surface area contributed by atoms with Gasteiger partial charge in [-0.3, -0.25) is 4.79 Å². The van der Waals surface area contributed by atoms with E-state index in [1.165, 1.54) is 0 Å². The lowest BCUT2D eigenvalue weighted by molar-refractivity contribution is -0.141. The number of anilines is 1. The first-order valence-electron chi connectivity index (χ1n) is 9.34. The maximum absolute atomic E-state index is 11.5. The Labute approximate surface area is 162 Å². The van der Waals surface area contributed by atoms with Gasteiger partial charge in [-0.15, -0.1) is 5.10 Å². The fourth-order valence-electron chi connectivity index (χ4n) is 3.87. The Morgan fingerprint density at radius 3 is 2.64 bits per heavy atom. The van der Waals surface area contributed by atoms with Crippen LogP contribution in [0, 0.1) is 19.8 Å². The molecule has 0 bridgehead atoms. The molecule has 3 heterocycles. The number of aryl methyl sites for hydroxylation is 2. The molecule has 1 fully saturated rings. The fraction of sp³-hybridized carbons (Fsp3) is 0.400. The molecule has 8 nitrogen and oxygen atoms in total. The van der Waals surface area contributed by atoms with E-state index in [-0.39, 0.29) is 0 Å². The molecule has 0 radical (unpaired) electrons. The number of nitrogens with zero attached hydrogens (tertiary/aromatic N) is 5. The van der Waals surface area contributed by atoms with Crippen molar-refractivity contribution in [1.82, 2.24) is 20.0 Å². The van der Waals surface area contributed by atoms with E-state index in [2.05, 4.69) is 10.2 Å². The number of aromatic nitrogens is 4. The maximum atomic E-state index is 11.5. The van der Waals surface area contributed by atoms with E-state index in [1.54, 1.807) is 7.11 Å². The number of fused-ring (bicyclic) bond motifs is 1. The van der Waals surface area contributed by atoms with Gasteiger partial charge >= 0.3 is 5.97 Å². The molecule has 1 aliphatic heterocycles. The first kappa shape index (κ1) is 18.2. The van der Waals surface area contributed by atoms with Crippen molar-refractivity contribution in [2.45, 2.75) is 26.7 Å². The summed E-state index contributed by atoms with van der Waals surface area (Å²) in [6.45, 7) is 5.11.